The van der Waals surface area contributed by atoms with Crippen molar-refractivity contribution in [2.75, 3.05) is 20.2 Å². The molecule has 0 radical (unpaired) electrons. The third-order valence-electron chi connectivity index (χ3n) is 4.79. The summed E-state index contributed by atoms with van der Waals surface area (Å²) in [6, 6.07) is 16.7. The average Bonchev–Trinajstić information content (AvgIpc) is 3.27. The number of benzene rings is 2. The first-order valence-electron chi connectivity index (χ1n) is 10.4. The molecule has 7 heteroatoms. The molecule has 31 heavy (non-hydrogen) atoms. The van der Waals surface area contributed by atoms with Gasteiger partial charge in [-0.2, -0.15) is 5.10 Å². The van der Waals surface area contributed by atoms with Crippen molar-refractivity contribution in [2.24, 2.45) is 0 Å². The minimum atomic E-state index is -0.293. The molecule has 0 aliphatic rings. The van der Waals surface area contributed by atoms with Crippen LogP contribution in [-0.4, -0.2) is 46.7 Å². The summed E-state index contributed by atoms with van der Waals surface area (Å²) in [5.74, 6) is 0.260. The molecule has 0 fully saturated rings. The van der Waals surface area contributed by atoms with Gasteiger partial charge in [0.05, 0.1) is 25.0 Å². The maximum absolute atomic E-state index is 12.4. The topological polar surface area (TPSA) is 76.5 Å². The quantitative estimate of drug-likeness (QED) is 0.510. The van der Waals surface area contributed by atoms with Crippen molar-refractivity contribution in [1.82, 2.24) is 20.0 Å². The second-order valence-electron chi connectivity index (χ2n) is 7.29. The van der Waals surface area contributed by atoms with Crippen molar-refractivity contribution in [1.29, 1.82) is 0 Å². The molecule has 2 aromatic carbocycles. The van der Waals surface area contributed by atoms with Crippen LogP contribution in [0.25, 0.3) is 5.69 Å². The van der Waals surface area contributed by atoms with Crippen LogP contribution in [0.2, 0.25) is 0 Å². The third kappa shape index (κ3) is 6.44. The highest BCUT2D eigenvalue weighted by molar-refractivity contribution is 5.96. The van der Waals surface area contributed by atoms with Gasteiger partial charge in [-0.15, -0.1) is 0 Å². The summed E-state index contributed by atoms with van der Waals surface area (Å²) in [7, 11) is 1.71. The van der Waals surface area contributed by atoms with Gasteiger partial charge in [0, 0.05) is 30.9 Å². The Bertz CT molecular complexity index is 984. The van der Waals surface area contributed by atoms with E-state index in [4.69, 9.17) is 4.74 Å². The highest BCUT2D eigenvalue weighted by atomic mass is 16.5. The van der Waals surface area contributed by atoms with E-state index in [1.54, 1.807) is 47.1 Å². The molecular formula is C24H28N4O3. The van der Waals surface area contributed by atoms with Crippen LogP contribution in [0.15, 0.2) is 67.0 Å². The van der Waals surface area contributed by atoms with Gasteiger partial charge in [-0.05, 0) is 42.8 Å². The molecule has 0 aliphatic carbocycles. The highest BCUT2D eigenvalue weighted by Gasteiger charge is 2.13. The van der Waals surface area contributed by atoms with E-state index >= 15 is 0 Å². The van der Waals surface area contributed by atoms with E-state index in [1.165, 1.54) is 0 Å². The summed E-state index contributed by atoms with van der Waals surface area (Å²) in [6.07, 6.45) is 5.69. The van der Waals surface area contributed by atoms with Gasteiger partial charge in [0.25, 0.3) is 5.91 Å². The molecule has 0 saturated heterocycles. The van der Waals surface area contributed by atoms with Crippen LogP contribution in [0, 0.1) is 0 Å². The summed E-state index contributed by atoms with van der Waals surface area (Å²) in [5, 5.41) is 7.02. The predicted molar refractivity (Wildman–Crippen MR) is 119 cm³/mol. The normalized spacial score (nSPS) is 10.5. The van der Waals surface area contributed by atoms with Gasteiger partial charge >= 0.3 is 0 Å². The molecule has 1 heterocycles. The lowest BCUT2D eigenvalue weighted by Gasteiger charge is -2.16. The van der Waals surface area contributed by atoms with E-state index in [1.807, 2.05) is 36.5 Å². The first-order valence-corrected chi connectivity index (χ1v) is 10.4. The molecule has 3 aromatic rings. The maximum Gasteiger partial charge on any atom is 0.251 e. The summed E-state index contributed by atoms with van der Waals surface area (Å²) >= 11 is 0. The molecule has 162 valence electrons. The lowest BCUT2D eigenvalue weighted by Crippen LogP contribution is -2.37. The molecule has 2 amide bonds. The van der Waals surface area contributed by atoms with Crippen molar-refractivity contribution in [3.63, 3.8) is 0 Å². The van der Waals surface area contributed by atoms with Crippen LogP contribution in [-0.2, 0) is 11.3 Å². The zero-order chi connectivity index (χ0) is 22.1. The number of nitrogens with zero attached hydrogens (tertiary/aromatic N) is 3. The van der Waals surface area contributed by atoms with E-state index in [9.17, 15) is 9.59 Å². The third-order valence-corrected chi connectivity index (χ3v) is 4.79. The van der Waals surface area contributed by atoms with Crippen LogP contribution >= 0.6 is 0 Å². The van der Waals surface area contributed by atoms with Crippen LogP contribution < -0.4 is 10.1 Å². The molecule has 0 bridgehead atoms. The molecule has 0 aliphatic heterocycles. The van der Waals surface area contributed by atoms with Gasteiger partial charge in [-0.25, -0.2) is 4.68 Å². The van der Waals surface area contributed by atoms with E-state index < -0.39 is 0 Å². The van der Waals surface area contributed by atoms with Crippen molar-refractivity contribution >= 4 is 11.8 Å². The number of likely N-dealkylation sites (N-methyl/N-ethyl adjacent to an activating group) is 1. The number of hydrogen-bond acceptors (Lipinski definition) is 4. The van der Waals surface area contributed by atoms with E-state index in [2.05, 4.69) is 17.3 Å². The molecule has 3 rings (SSSR count). The summed E-state index contributed by atoms with van der Waals surface area (Å²) in [5.41, 5.74) is 2.35. The Kier molecular flexibility index (Phi) is 7.81. The monoisotopic (exact) mass is 420 g/mol. The Morgan fingerprint density at radius 3 is 2.55 bits per heavy atom. The standard InChI is InChI=1S/C24H28N4O3/c1-3-4-14-31-22-12-10-20(11-13-22)24(30)25-16-23(29)27(2)17-19-15-26-28(18-19)21-8-6-5-7-9-21/h5-13,15,18H,3-4,14,16-17H2,1-2H3,(H,25,30). The van der Waals surface area contributed by atoms with Crippen LogP contribution in [0.4, 0.5) is 0 Å². The Hall–Kier alpha value is -3.61. The minimum Gasteiger partial charge on any atom is -0.494 e. The largest absolute Gasteiger partial charge is 0.494 e. The number of rotatable bonds is 10. The van der Waals surface area contributed by atoms with Crippen molar-refractivity contribution in [3.05, 3.63) is 78.1 Å². The number of hydrogen-bond donors (Lipinski definition) is 1. The molecule has 0 spiro atoms. The Labute approximate surface area is 182 Å². The summed E-state index contributed by atoms with van der Waals surface area (Å²) in [6.45, 7) is 3.10. The lowest BCUT2D eigenvalue weighted by atomic mass is 10.2. The second kappa shape index (κ2) is 11.0. The number of carbonyl (C=O) groups excluding carboxylic acids is 2. The fraction of sp³-hybridized carbons (Fsp3) is 0.292. The second-order valence-corrected chi connectivity index (χ2v) is 7.29. The Morgan fingerprint density at radius 1 is 1.10 bits per heavy atom. The SMILES string of the molecule is CCCCOc1ccc(C(=O)NCC(=O)N(C)Cc2cnn(-c3ccccc3)c2)cc1. The minimum absolute atomic E-state index is 0.0725. The number of unbranched alkanes of at least 4 members (excludes halogenated alkanes) is 1. The maximum atomic E-state index is 12.4. The number of aromatic nitrogens is 2. The average molecular weight is 421 g/mol. The smallest absolute Gasteiger partial charge is 0.251 e. The first kappa shape index (κ1) is 22.1. The van der Waals surface area contributed by atoms with Crippen molar-refractivity contribution in [2.45, 2.75) is 26.3 Å². The van der Waals surface area contributed by atoms with Crippen LogP contribution in [0.5, 0.6) is 5.75 Å². The van der Waals surface area contributed by atoms with E-state index in [0.29, 0.717) is 18.7 Å². The van der Waals surface area contributed by atoms with Crippen LogP contribution in [0.1, 0.15) is 35.7 Å². The molecular weight excluding hydrogens is 392 g/mol. The zero-order valence-electron chi connectivity index (χ0n) is 18.0. The number of nitrogens with one attached hydrogen (secondary N) is 1. The fourth-order valence-corrected chi connectivity index (χ4v) is 2.96. The van der Waals surface area contributed by atoms with Gasteiger partial charge in [0.1, 0.15) is 5.75 Å². The summed E-state index contributed by atoms with van der Waals surface area (Å²) in [4.78, 5) is 26.3. The van der Waals surface area contributed by atoms with Gasteiger partial charge in [-0.1, -0.05) is 31.5 Å². The number of para-hydroxylation sites is 1. The number of ether oxygens (including phenoxy) is 1. The molecule has 1 aromatic heterocycles. The molecule has 7 nitrogen and oxygen atoms in total. The number of carbonyl (C=O) groups is 2. The Morgan fingerprint density at radius 2 is 1.84 bits per heavy atom. The lowest BCUT2D eigenvalue weighted by molar-refractivity contribution is -0.129. The highest BCUT2D eigenvalue weighted by Crippen LogP contribution is 2.13. The number of amides is 2. The van der Waals surface area contributed by atoms with Crippen LogP contribution in [0.3, 0.4) is 0 Å². The van der Waals surface area contributed by atoms with Gasteiger partial charge in [-0.3, -0.25) is 9.59 Å². The summed E-state index contributed by atoms with van der Waals surface area (Å²) < 4.78 is 7.37. The van der Waals surface area contributed by atoms with E-state index in [-0.39, 0.29) is 18.4 Å². The van der Waals surface area contributed by atoms with Crippen molar-refractivity contribution < 1.29 is 14.3 Å². The first-order chi connectivity index (χ1) is 15.1. The predicted octanol–water partition coefficient (Wildman–Crippen LogP) is 3.44. The molecule has 1 N–H and O–H groups in total. The molecule has 0 unspecified atom stereocenters. The van der Waals surface area contributed by atoms with Gasteiger partial charge in [0.15, 0.2) is 0 Å². The zero-order valence-corrected chi connectivity index (χ0v) is 18.0. The Balaban J connectivity index is 1.46. The van der Waals surface area contributed by atoms with E-state index in [0.717, 1.165) is 29.8 Å². The molecule has 0 saturated carbocycles. The fourth-order valence-electron chi connectivity index (χ4n) is 2.96. The molecule has 0 atom stereocenters. The van der Waals surface area contributed by atoms with Gasteiger partial charge in [0.2, 0.25) is 5.91 Å². The van der Waals surface area contributed by atoms with Crippen molar-refractivity contribution in [3.8, 4) is 11.4 Å². The van der Waals surface area contributed by atoms with Gasteiger partial charge < -0.3 is 15.0 Å².